The first-order valence-electron chi connectivity index (χ1n) is 6.15. The smallest absolute Gasteiger partial charge is 0.128 e. The Hall–Kier alpha value is -1.70. The molecule has 17 heavy (non-hydrogen) atoms. The van der Waals surface area contributed by atoms with E-state index in [4.69, 9.17) is 0 Å². The van der Waals surface area contributed by atoms with Crippen LogP contribution in [0.4, 0.5) is 0 Å². The molecule has 0 N–H and O–H groups in total. The fraction of sp³-hybridized carbons (Fsp3) is 0.333. The van der Waals surface area contributed by atoms with Crippen LogP contribution in [-0.4, -0.2) is 9.97 Å². The lowest BCUT2D eigenvalue weighted by atomic mass is 10.1. The maximum atomic E-state index is 4.55. The third-order valence-corrected chi connectivity index (χ3v) is 2.84. The van der Waals surface area contributed by atoms with Crippen LogP contribution in [0.5, 0.6) is 0 Å². The molecule has 0 saturated carbocycles. The van der Waals surface area contributed by atoms with Crippen molar-refractivity contribution >= 4 is 0 Å². The molecule has 2 heteroatoms. The highest BCUT2D eigenvalue weighted by atomic mass is 14.9. The highest BCUT2D eigenvalue weighted by Crippen LogP contribution is 2.11. The molecule has 0 radical (unpaired) electrons. The van der Waals surface area contributed by atoms with Crippen molar-refractivity contribution < 1.29 is 0 Å². The Balaban J connectivity index is 2.17. The van der Waals surface area contributed by atoms with Crippen LogP contribution in [0, 0.1) is 6.92 Å². The molecule has 0 spiro atoms. The van der Waals surface area contributed by atoms with Crippen LogP contribution in [0.15, 0.2) is 36.5 Å². The van der Waals surface area contributed by atoms with E-state index >= 15 is 0 Å². The van der Waals surface area contributed by atoms with Crippen LogP contribution in [-0.2, 0) is 12.8 Å². The molecule has 0 saturated heterocycles. The van der Waals surface area contributed by atoms with Crippen molar-refractivity contribution in [2.24, 2.45) is 0 Å². The number of aryl methyl sites for hydroxylation is 2. The fourth-order valence-corrected chi connectivity index (χ4v) is 1.87. The highest BCUT2D eigenvalue weighted by molar-refractivity contribution is 5.26. The fourth-order valence-electron chi connectivity index (χ4n) is 1.87. The van der Waals surface area contributed by atoms with Crippen molar-refractivity contribution in [3.05, 3.63) is 59.2 Å². The molecule has 0 bridgehead atoms. The van der Waals surface area contributed by atoms with E-state index in [0.717, 1.165) is 30.8 Å². The summed E-state index contributed by atoms with van der Waals surface area (Å²) in [6.45, 7) is 4.22. The zero-order valence-electron chi connectivity index (χ0n) is 10.5. The second-order valence-electron chi connectivity index (χ2n) is 4.31. The summed E-state index contributed by atoms with van der Waals surface area (Å²) in [5.41, 5.74) is 3.63. The molecule has 2 aromatic rings. The monoisotopic (exact) mass is 226 g/mol. The largest absolute Gasteiger partial charge is 0.241 e. The number of aromatic nitrogens is 2. The summed E-state index contributed by atoms with van der Waals surface area (Å²) in [5, 5.41) is 0. The van der Waals surface area contributed by atoms with Gasteiger partial charge in [0.1, 0.15) is 5.82 Å². The van der Waals surface area contributed by atoms with Gasteiger partial charge >= 0.3 is 0 Å². The molecule has 2 nitrogen and oxygen atoms in total. The quantitative estimate of drug-likeness (QED) is 0.799. The topological polar surface area (TPSA) is 25.8 Å². The summed E-state index contributed by atoms with van der Waals surface area (Å²) < 4.78 is 0. The maximum absolute atomic E-state index is 4.55. The number of hydrogen-bond acceptors (Lipinski definition) is 2. The normalized spacial score (nSPS) is 10.5. The van der Waals surface area contributed by atoms with E-state index in [-0.39, 0.29) is 0 Å². The van der Waals surface area contributed by atoms with Crippen LogP contribution in [0.3, 0.4) is 0 Å². The van der Waals surface area contributed by atoms with Crippen molar-refractivity contribution in [3.8, 4) is 0 Å². The summed E-state index contributed by atoms with van der Waals surface area (Å²) >= 11 is 0. The summed E-state index contributed by atoms with van der Waals surface area (Å²) in [6, 6.07) is 10.4. The van der Waals surface area contributed by atoms with Crippen molar-refractivity contribution in [2.75, 3.05) is 0 Å². The number of hydrogen-bond donors (Lipinski definition) is 0. The van der Waals surface area contributed by atoms with Gasteiger partial charge in [-0.1, -0.05) is 37.3 Å². The van der Waals surface area contributed by atoms with E-state index in [1.807, 2.05) is 12.3 Å². The molecular formula is C15H18N2. The van der Waals surface area contributed by atoms with Gasteiger partial charge in [0, 0.05) is 24.7 Å². The minimum absolute atomic E-state index is 0.916. The van der Waals surface area contributed by atoms with Crippen LogP contribution in [0.25, 0.3) is 0 Å². The molecule has 88 valence electrons. The molecule has 1 aromatic heterocycles. The van der Waals surface area contributed by atoms with E-state index in [1.165, 1.54) is 11.1 Å². The van der Waals surface area contributed by atoms with Gasteiger partial charge in [-0.15, -0.1) is 0 Å². The molecule has 1 heterocycles. The first-order chi connectivity index (χ1) is 8.29. The molecule has 1 aromatic carbocycles. The predicted molar refractivity (Wildman–Crippen MR) is 70.0 cm³/mol. The highest BCUT2D eigenvalue weighted by Gasteiger charge is 2.03. The molecule has 0 atom stereocenters. The first kappa shape index (κ1) is 11.8. The molecule has 0 aliphatic carbocycles. The number of nitrogens with zero attached hydrogens (tertiary/aromatic N) is 2. The molecule has 2 rings (SSSR count). The lowest BCUT2D eigenvalue weighted by Crippen LogP contribution is -2.01. The Morgan fingerprint density at radius 2 is 1.88 bits per heavy atom. The standard InChI is InChI=1S/C15H18N2/c1-3-7-15-16-11-14(12(2)17-15)10-13-8-5-4-6-9-13/h4-6,8-9,11H,3,7,10H2,1-2H3. The van der Waals surface area contributed by atoms with E-state index in [9.17, 15) is 0 Å². The molecule has 0 aliphatic heterocycles. The lowest BCUT2D eigenvalue weighted by molar-refractivity contribution is 0.815. The molecule has 0 aliphatic rings. The van der Waals surface area contributed by atoms with Gasteiger partial charge in [0.2, 0.25) is 0 Å². The summed E-state index contributed by atoms with van der Waals surface area (Å²) in [4.78, 5) is 8.96. The van der Waals surface area contributed by atoms with E-state index < -0.39 is 0 Å². The van der Waals surface area contributed by atoms with Crippen LogP contribution in [0.2, 0.25) is 0 Å². The van der Waals surface area contributed by atoms with Crippen molar-refractivity contribution in [1.29, 1.82) is 0 Å². The second-order valence-corrected chi connectivity index (χ2v) is 4.31. The minimum atomic E-state index is 0.916. The summed E-state index contributed by atoms with van der Waals surface area (Å²) in [6.07, 6.45) is 4.95. The average molecular weight is 226 g/mol. The third kappa shape index (κ3) is 3.13. The van der Waals surface area contributed by atoms with Crippen molar-refractivity contribution in [1.82, 2.24) is 9.97 Å². The summed E-state index contributed by atoms with van der Waals surface area (Å²) in [7, 11) is 0. The van der Waals surface area contributed by atoms with Crippen molar-refractivity contribution in [3.63, 3.8) is 0 Å². The average Bonchev–Trinajstić information content (AvgIpc) is 2.34. The number of benzene rings is 1. The van der Waals surface area contributed by atoms with Gasteiger partial charge < -0.3 is 0 Å². The molecule has 0 amide bonds. The van der Waals surface area contributed by atoms with Gasteiger partial charge in [-0.05, 0) is 24.5 Å². The zero-order chi connectivity index (χ0) is 12.1. The minimum Gasteiger partial charge on any atom is -0.241 e. The van der Waals surface area contributed by atoms with Gasteiger partial charge in [0.05, 0.1) is 0 Å². The second kappa shape index (κ2) is 5.58. The first-order valence-corrected chi connectivity index (χ1v) is 6.15. The lowest BCUT2D eigenvalue weighted by Gasteiger charge is -2.06. The molecule has 0 unspecified atom stereocenters. The van der Waals surface area contributed by atoms with Gasteiger partial charge in [0.15, 0.2) is 0 Å². The molecule has 0 fully saturated rings. The van der Waals surface area contributed by atoms with Crippen LogP contribution < -0.4 is 0 Å². The van der Waals surface area contributed by atoms with E-state index in [1.54, 1.807) is 0 Å². The Labute approximate surface area is 103 Å². The molecular weight excluding hydrogens is 208 g/mol. The SMILES string of the molecule is CCCc1ncc(Cc2ccccc2)c(C)n1. The van der Waals surface area contributed by atoms with E-state index in [0.29, 0.717) is 0 Å². The number of rotatable bonds is 4. The Morgan fingerprint density at radius 3 is 2.53 bits per heavy atom. The maximum Gasteiger partial charge on any atom is 0.128 e. The van der Waals surface area contributed by atoms with Gasteiger partial charge in [-0.2, -0.15) is 0 Å². The van der Waals surface area contributed by atoms with E-state index in [2.05, 4.69) is 48.1 Å². The summed E-state index contributed by atoms with van der Waals surface area (Å²) in [5.74, 6) is 0.960. The Bertz CT molecular complexity index is 478. The van der Waals surface area contributed by atoms with Crippen LogP contribution in [0.1, 0.15) is 36.0 Å². The van der Waals surface area contributed by atoms with Gasteiger partial charge in [0.25, 0.3) is 0 Å². The van der Waals surface area contributed by atoms with Gasteiger partial charge in [-0.3, -0.25) is 0 Å². The zero-order valence-corrected chi connectivity index (χ0v) is 10.5. The third-order valence-electron chi connectivity index (χ3n) is 2.84. The van der Waals surface area contributed by atoms with Gasteiger partial charge in [-0.25, -0.2) is 9.97 Å². The Kier molecular flexibility index (Phi) is 3.86. The predicted octanol–water partition coefficient (Wildman–Crippen LogP) is 3.33. The van der Waals surface area contributed by atoms with Crippen molar-refractivity contribution in [2.45, 2.75) is 33.1 Å². The van der Waals surface area contributed by atoms with Crippen LogP contribution >= 0.6 is 0 Å². The Morgan fingerprint density at radius 1 is 1.12 bits per heavy atom.